The molecule has 4 heterocycles. The summed E-state index contributed by atoms with van der Waals surface area (Å²) in [6.45, 7) is 2.14. The highest BCUT2D eigenvalue weighted by atomic mass is 16.3. The smallest absolute Gasteiger partial charge is 0.184 e. The van der Waals surface area contributed by atoms with E-state index in [9.17, 15) is 30.6 Å². The van der Waals surface area contributed by atoms with Gasteiger partial charge in [-0.05, 0) is 62.1 Å². The van der Waals surface area contributed by atoms with Crippen molar-refractivity contribution in [3.8, 4) is 34.5 Å². The molecule has 0 saturated heterocycles. The van der Waals surface area contributed by atoms with Gasteiger partial charge in [-0.2, -0.15) is 0 Å². The van der Waals surface area contributed by atoms with Gasteiger partial charge in [-0.15, -0.1) is 0 Å². The number of fused-ring (bicyclic) bond motifs is 2. The Balaban J connectivity index is 1.49. The van der Waals surface area contributed by atoms with E-state index >= 15 is 0 Å². The predicted molar refractivity (Wildman–Crippen MR) is 178 cm³/mol. The number of hydrogen-bond acceptors (Lipinski definition) is 12. The predicted octanol–water partition coefficient (Wildman–Crippen LogP) is 4.69. The van der Waals surface area contributed by atoms with E-state index in [1.54, 1.807) is 42.6 Å². The first kappa shape index (κ1) is 32.4. The monoisotopic (exact) mass is 612 g/mol. The molecule has 0 aromatic heterocycles. The molecule has 0 unspecified atom stereocenters. The molecule has 3 aromatic rings. The van der Waals surface area contributed by atoms with E-state index in [-0.39, 0.29) is 40.2 Å². The fourth-order valence-electron chi connectivity index (χ4n) is 4.19. The van der Waals surface area contributed by atoms with Gasteiger partial charge < -0.3 is 30.6 Å². The Hall–Kier alpha value is -5.52. The average Bonchev–Trinajstić information content (AvgIpc) is 3.03. The standard InChI is InChI=1S/C33H36N6O6/c40-28-22-5-6-23(29(28)41)18-35-12-3-13-36-19-24-7-8-25(31(43)30(24)42)20-37-14-4-15-38-21-26-9-10-27(33(45)32(26)44)39-16-2-1-11-34-17-22/h5-10,16-21,40-45H,1-4,11-15H2. The van der Waals surface area contributed by atoms with Gasteiger partial charge in [0.05, 0.1) is 0 Å². The molecule has 12 nitrogen and oxygen atoms in total. The third kappa shape index (κ3) is 8.99. The molecule has 4 aliphatic rings. The lowest BCUT2D eigenvalue weighted by atomic mass is 10.1. The summed E-state index contributed by atoms with van der Waals surface area (Å²) in [5.41, 5.74) is 2.04. The molecule has 0 radical (unpaired) electrons. The second-order valence-electron chi connectivity index (χ2n) is 10.1. The molecule has 6 N–H and O–H groups in total. The Bertz CT molecular complexity index is 1350. The van der Waals surface area contributed by atoms with Gasteiger partial charge in [0.1, 0.15) is 5.69 Å². The van der Waals surface area contributed by atoms with Crippen molar-refractivity contribution in [2.45, 2.75) is 25.7 Å². The van der Waals surface area contributed by atoms with Gasteiger partial charge in [-0.3, -0.25) is 30.0 Å². The number of rotatable bonds is 0. The summed E-state index contributed by atoms with van der Waals surface area (Å²) in [5.74, 6) is -1.84. The molecule has 0 spiro atoms. The number of phenols is 6. The normalized spacial score (nSPS) is 15.2. The van der Waals surface area contributed by atoms with Crippen LogP contribution in [0.1, 0.15) is 53.5 Å². The first-order valence-corrected chi connectivity index (χ1v) is 14.5. The maximum absolute atomic E-state index is 10.4. The fraction of sp³-hybridized carbons (Fsp3) is 0.273. The van der Waals surface area contributed by atoms with Crippen LogP contribution in [0.25, 0.3) is 0 Å². The molecular weight excluding hydrogens is 576 g/mol. The molecule has 234 valence electrons. The van der Waals surface area contributed by atoms with Crippen LogP contribution in [0.3, 0.4) is 0 Å². The molecule has 4 aliphatic heterocycles. The Morgan fingerprint density at radius 2 is 0.689 bits per heavy atom. The number of aliphatic imine (C=N–C) groups is 6. The summed E-state index contributed by atoms with van der Waals surface area (Å²) in [6.07, 6.45) is 11.4. The number of hydrogen-bond donors (Lipinski definition) is 6. The van der Waals surface area contributed by atoms with Crippen LogP contribution in [0.15, 0.2) is 66.4 Å². The minimum absolute atomic E-state index is 0.225. The van der Waals surface area contributed by atoms with E-state index in [1.807, 2.05) is 0 Å². The van der Waals surface area contributed by atoms with Crippen LogP contribution in [0.5, 0.6) is 34.5 Å². The molecule has 0 saturated carbocycles. The Kier molecular flexibility index (Phi) is 11.8. The van der Waals surface area contributed by atoms with Gasteiger partial charge in [-0.25, -0.2) is 0 Å². The van der Waals surface area contributed by atoms with Crippen molar-refractivity contribution in [2.75, 3.05) is 32.7 Å². The van der Waals surface area contributed by atoms with Crippen molar-refractivity contribution >= 4 is 43.0 Å². The van der Waals surface area contributed by atoms with Crippen molar-refractivity contribution < 1.29 is 30.6 Å². The van der Waals surface area contributed by atoms with Crippen LogP contribution in [-0.4, -0.2) is 101 Å². The van der Waals surface area contributed by atoms with E-state index in [0.29, 0.717) is 86.2 Å². The maximum Gasteiger partial charge on any atom is 0.184 e. The van der Waals surface area contributed by atoms with E-state index in [0.717, 1.165) is 0 Å². The first-order chi connectivity index (χ1) is 21.9. The molecule has 3 aromatic carbocycles. The highest BCUT2D eigenvalue weighted by Gasteiger charge is 2.11. The number of aromatic hydroxyl groups is 6. The van der Waals surface area contributed by atoms with Gasteiger partial charge in [0.25, 0.3) is 0 Å². The minimum Gasteiger partial charge on any atom is -0.504 e. The van der Waals surface area contributed by atoms with Crippen LogP contribution in [-0.2, 0) is 0 Å². The largest absolute Gasteiger partial charge is 0.504 e. The Labute approximate surface area is 260 Å². The van der Waals surface area contributed by atoms with E-state index in [4.69, 9.17) is 0 Å². The number of phenolic OH excluding ortho intramolecular Hbond substituents is 6. The summed E-state index contributed by atoms with van der Waals surface area (Å²) in [6, 6.07) is 9.74. The van der Waals surface area contributed by atoms with Crippen molar-refractivity contribution in [1.82, 2.24) is 0 Å². The number of nitrogens with zero attached hydrogens (tertiary/aromatic N) is 6. The lowest BCUT2D eigenvalue weighted by Crippen LogP contribution is -1.93. The summed E-state index contributed by atoms with van der Waals surface area (Å²) in [7, 11) is 0. The van der Waals surface area contributed by atoms with Crippen molar-refractivity contribution in [3.63, 3.8) is 0 Å². The Morgan fingerprint density at radius 1 is 0.378 bits per heavy atom. The van der Waals surface area contributed by atoms with Gasteiger partial charge in [0, 0.05) is 97.8 Å². The molecule has 7 rings (SSSR count). The van der Waals surface area contributed by atoms with Crippen LogP contribution >= 0.6 is 0 Å². The van der Waals surface area contributed by atoms with Gasteiger partial charge in [0.15, 0.2) is 34.5 Å². The molecule has 0 fully saturated rings. The topological polar surface area (TPSA) is 196 Å². The van der Waals surface area contributed by atoms with Gasteiger partial charge in [0.2, 0.25) is 0 Å². The quantitative estimate of drug-likeness (QED) is 0.199. The van der Waals surface area contributed by atoms with Crippen molar-refractivity contribution in [1.29, 1.82) is 0 Å². The zero-order valence-electron chi connectivity index (χ0n) is 24.7. The highest BCUT2D eigenvalue weighted by Crippen LogP contribution is 2.37. The molecule has 45 heavy (non-hydrogen) atoms. The van der Waals surface area contributed by atoms with Crippen molar-refractivity contribution in [2.24, 2.45) is 30.0 Å². The molecule has 0 aliphatic carbocycles. The van der Waals surface area contributed by atoms with Crippen LogP contribution in [0, 0.1) is 0 Å². The third-order valence-electron chi connectivity index (χ3n) is 6.74. The second-order valence-corrected chi connectivity index (χ2v) is 10.1. The summed E-state index contributed by atoms with van der Waals surface area (Å²) in [5, 5.41) is 62.3. The molecule has 6 bridgehead atoms. The molecule has 12 heteroatoms. The highest BCUT2D eigenvalue weighted by molar-refractivity contribution is 5.92. The summed E-state index contributed by atoms with van der Waals surface area (Å²) >= 11 is 0. The minimum atomic E-state index is -0.344. The first-order valence-electron chi connectivity index (χ1n) is 14.5. The van der Waals surface area contributed by atoms with E-state index in [1.165, 1.54) is 31.1 Å². The van der Waals surface area contributed by atoms with Gasteiger partial charge in [-0.1, -0.05) is 0 Å². The van der Waals surface area contributed by atoms with Crippen LogP contribution in [0.4, 0.5) is 5.69 Å². The number of benzene rings is 3. The Morgan fingerprint density at radius 3 is 1.07 bits per heavy atom. The zero-order valence-corrected chi connectivity index (χ0v) is 24.7. The fourth-order valence-corrected chi connectivity index (χ4v) is 4.19. The lowest BCUT2D eigenvalue weighted by molar-refractivity contribution is 0.402. The zero-order chi connectivity index (χ0) is 32.0. The van der Waals surface area contributed by atoms with Gasteiger partial charge >= 0.3 is 0 Å². The van der Waals surface area contributed by atoms with Crippen LogP contribution in [0.2, 0.25) is 0 Å². The summed E-state index contributed by atoms with van der Waals surface area (Å²) < 4.78 is 0. The molecule has 0 atom stereocenters. The lowest BCUT2D eigenvalue weighted by Gasteiger charge is -2.05. The van der Waals surface area contributed by atoms with Crippen molar-refractivity contribution in [3.05, 3.63) is 64.2 Å². The van der Waals surface area contributed by atoms with E-state index in [2.05, 4.69) is 30.0 Å². The second kappa shape index (κ2) is 16.4. The maximum atomic E-state index is 10.4. The van der Waals surface area contributed by atoms with E-state index < -0.39 is 0 Å². The third-order valence-corrected chi connectivity index (χ3v) is 6.74. The summed E-state index contributed by atoms with van der Waals surface area (Å²) in [4.78, 5) is 25.7. The average molecular weight is 613 g/mol. The molecule has 0 amide bonds. The SMILES string of the molecule is Oc1c2ccc(c1O)C=NCCCN=Cc1ccc(c(O)c1O)C=NCCCN=Cc1ccc(c(O)c1O)N=CCCCN=C2. The molecular formula is C33H36N6O6. The van der Waals surface area contributed by atoms with Crippen LogP contribution < -0.4 is 0 Å².